The summed E-state index contributed by atoms with van der Waals surface area (Å²) < 4.78 is 0. The van der Waals surface area contributed by atoms with E-state index >= 15 is 0 Å². The highest BCUT2D eigenvalue weighted by Crippen LogP contribution is 2.28. The molecule has 1 aromatic rings. The molecule has 2 atom stereocenters. The van der Waals surface area contributed by atoms with Crippen LogP contribution in [-0.2, 0) is 13.1 Å². The average molecular weight is 329 g/mol. The summed E-state index contributed by atoms with van der Waals surface area (Å²) in [5.74, 6) is 1.73. The fourth-order valence-electron chi connectivity index (χ4n) is 3.31. The van der Waals surface area contributed by atoms with Crippen LogP contribution in [-0.4, -0.2) is 36.5 Å². The molecule has 1 saturated heterocycles. The maximum absolute atomic E-state index is 4.73. The van der Waals surface area contributed by atoms with Gasteiger partial charge in [0, 0.05) is 19.1 Å². The van der Waals surface area contributed by atoms with Crippen LogP contribution in [0.25, 0.3) is 0 Å². The largest absolute Gasteiger partial charge is 0.357 e. The van der Waals surface area contributed by atoms with E-state index in [9.17, 15) is 0 Å². The van der Waals surface area contributed by atoms with Gasteiger partial charge < -0.3 is 10.6 Å². The van der Waals surface area contributed by atoms with E-state index in [0.29, 0.717) is 6.04 Å². The Balaban J connectivity index is 1.51. The molecule has 1 aromatic carbocycles. The van der Waals surface area contributed by atoms with Crippen LogP contribution >= 0.6 is 0 Å². The number of aliphatic imine (C=N–C) groups is 1. The number of hydrogen-bond acceptors (Lipinski definition) is 2. The van der Waals surface area contributed by atoms with E-state index in [1.54, 1.807) is 0 Å². The van der Waals surface area contributed by atoms with Crippen molar-refractivity contribution >= 4 is 5.96 Å². The molecule has 132 valence electrons. The van der Waals surface area contributed by atoms with Gasteiger partial charge in [0.25, 0.3) is 0 Å². The van der Waals surface area contributed by atoms with E-state index in [1.807, 2.05) is 0 Å². The van der Waals surface area contributed by atoms with E-state index in [2.05, 4.69) is 53.6 Å². The lowest BCUT2D eigenvalue weighted by Gasteiger charge is -2.26. The molecule has 3 rings (SSSR count). The lowest BCUT2D eigenvalue weighted by Crippen LogP contribution is -2.39. The molecule has 2 N–H and O–H groups in total. The molecule has 0 spiro atoms. The Morgan fingerprint density at radius 2 is 1.79 bits per heavy atom. The van der Waals surface area contributed by atoms with Gasteiger partial charge in [0.05, 0.1) is 6.54 Å². The van der Waals surface area contributed by atoms with Gasteiger partial charge in [0.1, 0.15) is 0 Å². The fraction of sp³-hybridized carbons (Fsp3) is 0.650. The number of guanidine groups is 1. The average Bonchev–Trinajstić information content (AvgIpc) is 3.30. The molecule has 2 fully saturated rings. The number of nitrogens with zero attached hydrogens (tertiary/aromatic N) is 2. The summed E-state index contributed by atoms with van der Waals surface area (Å²) in [5, 5.41) is 6.85. The van der Waals surface area contributed by atoms with Crippen molar-refractivity contribution in [2.75, 3.05) is 19.6 Å². The first kappa shape index (κ1) is 17.3. The van der Waals surface area contributed by atoms with Gasteiger partial charge in [-0.25, -0.2) is 4.99 Å². The van der Waals surface area contributed by atoms with Gasteiger partial charge in [-0.1, -0.05) is 37.6 Å². The number of rotatable bonds is 6. The SMILES string of the molecule is CCNC(=NCc1ccc(CN2CCCCC2)cc1)NC1CC1C. The molecule has 1 saturated carbocycles. The van der Waals surface area contributed by atoms with Crippen LogP contribution in [0, 0.1) is 5.92 Å². The number of nitrogens with one attached hydrogen (secondary N) is 2. The zero-order valence-electron chi connectivity index (χ0n) is 15.2. The molecule has 2 aliphatic rings. The van der Waals surface area contributed by atoms with Crippen molar-refractivity contribution in [3.8, 4) is 0 Å². The topological polar surface area (TPSA) is 39.7 Å². The van der Waals surface area contributed by atoms with E-state index in [-0.39, 0.29) is 0 Å². The first-order valence-corrected chi connectivity index (χ1v) is 9.59. The zero-order valence-corrected chi connectivity index (χ0v) is 15.2. The minimum absolute atomic E-state index is 0.606. The first-order chi connectivity index (χ1) is 11.7. The number of hydrogen-bond donors (Lipinski definition) is 2. The highest BCUT2D eigenvalue weighted by Gasteiger charge is 2.33. The minimum Gasteiger partial charge on any atom is -0.357 e. The summed E-state index contributed by atoms with van der Waals surface area (Å²) >= 11 is 0. The molecular formula is C20H32N4. The molecule has 2 unspecified atom stereocenters. The summed E-state index contributed by atoms with van der Waals surface area (Å²) in [4.78, 5) is 7.30. The molecule has 1 heterocycles. The number of benzene rings is 1. The van der Waals surface area contributed by atoms with Crippen molar-refractivity contribution in [1.82, 2.24) is 15.5 Å². The van der Waals surface area contributed by atoms with Crippen LogP contribution in [0.4, 0.5) is 0 Å². The van der Waals surface area contributed by atoms with Gasteiger partial charge in [-0.15, -0.1) is 0 Å². The Morgan fingerprint density at radius 3 is 2.42 bits per heavy atom. The molecule has 24 heavy (non-hydrogen) atoms. The monoisotopic (exact) mass is 328 g/mol. The zero-order chi connectivity index (χ0) is 16.8. The Kier molecular flexibility index (Phi) is 6.13. The number of piperidine rings is 1. The van der Waals surface area contributed by atoms with Crippen molar-refractivity contribution in [2.45, 2.75) is 58.7 Å². The molecule has 1 aliphatic carbocycles. The second-order valence-corrected chi connectivity index (χ2v) is 7.31. The normalized spacial score (nSPS) is 24.7. The Bertz CT molecular complexity index is 531. The minimum atomic E-state index is 0.606. The highest BCUT2D eigenvalue weighted by molar-refractivity contribution is 5.80. The lowest BCUT2D eigenvalue weighted by molar-refractivity contribution is 0.221. The van der Waals surface area contributed by atoms with Gasteiger partial charge in [0.15, 0.2) is 5.96 Å². The molecule has 0 radical (unpaired) electrons. The summed E-state index contributed by atoms with van der Waals surface area (Å²) in [5.41, 5.74) is 2.69. The van der Waals surface area contributed by atoms with Crippen molar-refractivity contribution in [3.05, 3.63) is 35.4 Å². The van der Waals surface area contributed by atoms with Crippen molar-refractivity contribution in [2.24, 2.45) is 10.9 Å². The van der Waals surface area contributed by atoms with Crippen LogP contribution in [0.1, 0.15) is 50.7 Å². The van der Waals surface area contributed by atoms with Crippen molar-refractivity contribution in [1.29, 1.82) is 0 Å². The standard InChI is InChI=1S/C20H32N4/c1-3-21-20(23-19-13-16(19)2)22-14-17-7-9-18(10-8-17)15-24-11-5-4-6-12-24/h7-10,16,19H,3-6,11-15H2,1-2H3,(H2,21,22,23). The summed E-state index contributed by atoms with van der Waals surface area (Å²) in [6.45, 7) is 9.63. The van der Waals surface area contributed by atoms with Gasteiger partial charge >= 0.3 is 0 Å². The van der Waals surface area contributed by atoms with Gasteiger partial charge in [0.2, 0.25) is 0 Å². The smallest absolute Gasteiger partial charge is 0.191 e. The quantitative estimate of drug-likeness (QED) is 0.622. The molecule has 4 heteroatoms. The third kappa shape index (κ3) is 5.23. The second-order valence-electron chi connectivity index (χ2n) is 7.31. The highest BCUT2D eigenvalue weighted by atomic mass is 15.2. The van der Waals surface area contributed by atoms with Crippen LogP contribution < -0.4 is 10.6 Å². The molecule has 1 aliphatic heterocycles. The maximum Gasteiger partial charge on any atom is 0.191 e. The van der Waals surface area contributed by atoms with Crippen LogP contribution in [0.2, 0.25) is 0 Å². The van der Waals surface area contributed by atoms with Crippen molar-refractivity contribution in [3.63, 3.8) is 0 Å². The summed E-state index contributed by atoms with van der Waals surface area (Å²) in [6.07, 6.45) is 5.37. The third-order valence-electron chi connectivity index (χ3n) is 5.07. The molecule has 0 aromatic heterocycles. The second kappa shape index (κ2) is 8.52. The van der Waals surface area contributed by atoms with Crippen LogP contribution in [0.5, 0.6) is 0 Å². The molecule has 0 bridgehead atoms. The first-order valence-electron chi connectivity index (χ1n) is 9.59. The van der Waals surface area contributed by atoms with E-state index in [1.165, 1.54) is 49.9 Å². The van der Waals surface area contributed by atoms with Crippen LogP contribution in [0.15, 0.2) is 29.3 Å². The van der Waals surface area contributed by atoms with E-state index in [0.717, 1.165) is 31.5 Å². The van der Waals surface area contributed by atoms with Gasteiger partial charge in [-0.2, -0.15) is 0 Å². The Hall–Kier alpha value is -1.55. The Labute approximate surface area is 146 Å². The third-order valence-corrected chi connectivity index (χ3v) is 5.07. The Morgan fingerprint density at radius 1 is 1.12 bits per heavy atom. The summed E-state index contributed by atoms with van der Waals surface area (Å²) in [6, 6.07) is 9.60. The predicted molar refractivity (Wildman–Crippen MR) is 101 cm³/mol. The van der Waals surface area contributed by atoms with Crippen LogP contribution in [0.3, 0.4) is 0 Å². The molecular weight excluding hydrogens is 296 g/mol. The fourth-order valence-corrected chi connectivity index (χ4v) is 3.31. The van der Waals surface area contributed by atoms with E-state index < -0.39 is 0 Å². The predicted octanol–water partition coefficient (Wildman–Crippen LogP) is 3.14. The van der Waals surface area contributed by atoms with Crippen molar-refractivity contribution < 1.29 is 0 Å². The number of likely N-dealkylation sites (tertiary alicyclic amines) is 1. The van der Waals surface area contributed by atoms with Gasteiger partial charge in [-0.05, 0) is 56.3 Å². The lowest BCUT2D eigenvalue weighted by atomic mass is 10.1. The summed E-state index contributed by atoms with van der Waals surface area (Å²) in [7, 11) is 0. The van der Waals surface area contributed by atoms with Gasteiger partial charge in [-0.3, -0.25) is 4.90 Å². The van der Waals surface area contributed by atoms with E-state index in [4.69, 9.17) is 4.99 Å². The molecule has 0 amide bonds. The molecule has 4 nitrogen and oxygen atoms in total. The maximum atomic E-state index is 4.73.